The molecule has 96 valence electrons. The van der Waals surface area contributed by atoms with E-state index in [4.69, 9.17) is 10.4 Å². The van der Waals surface area contributed by atoms with E-state index in [-0.39, 0.29) is 12.5 Å². The van der Waals surface area contributed by atoms with Crippen molar-refractivity contribution in [3.63, 3.8) is 0 Å². The zero-order valence-corrected chi connectivity index (χ0v) is 10.4. The van der Waals surface area contributed by atoms with Crippen LogP contribution < -0.4 is 0 Å². The molecule has 17 heavy (non-hydrogen) atoms. The van der Waals surface area contributed by atoms with Crippen molar-refractivity contribution in [3.8, 4) is 6.07 Å². The Morgan fingerprint density at radius 1 is 1.41 bits per heavy atom. The number of nitrogens with zero attached hydrogens (tertiary/aromatic N) is 3. The SMILES string of the molecule is CCCC(C#N)C(=O)N1CCN(CCO)CC1. The molecule has 1 N–H and O–H groups in total. The molecule has 1 fully saturated rings. The number of nitriles is 1. The lowest BCUT2D eigenvalue weighted by Crippen LogP contribution is -2.50. The summed E-state index contributed by atoms with van der Waals surface area (Å²) in [5.74, 6) is -0.512. The van der Waals surface area contributed by atoms with Gasteiger partial charge in [-0.05, 0) is 6.42 Å². The van der Waals surface area contributed by atoms with Gasteiger partial charge >= 0.3 is 0 Å². The predicted octanol–water partition coefficient (Wildman–Crippen LogP) is 0.0628. The van der Waals surface area contributed by atoms with Crippen LogP contribution in [0.2, 0.25) is 0 Å². The van der Waals surface area contributed by atoms with Gasteiger partial charge in [-0.15, -0.1) is 0 Å². The van der Waals surface area contributed by atoms with Crippen molar-refractivity contribution < 1.29 is 9.90 Å². The van der Waals surface area contributed by atoms with Crippen LogP contribution in [0.3, 0.4) is 0 Å². The predicted molar refractivity (Wildman–Crippen MR) is 64.1 cm³/mol. The Morgan fingerprint density at radius 3 is 2.53 bits per heavy atom. The number of aliphatic hydroxyl groups excluding tert-OH is 1. The molecular weight excluding hydrogens is 218 g/mol. The van der Waals surface area contributed by atoms with Crippen LogP contribution in [0.25, 0.3) is 0 Å². The third-order valence-corrected chi connectivity index (χ3v) is 3.13. The Hall–Kier alpha value is -1.12. The minimum absolute atomic E-state index is 0.0296. The van der Waals surface area contributed by atoms with Gasteiger partial charge in [-0.3, -0.25) is 9.69 Å². The van der Waals surface area contributed by atoms with Crippen LogP contribution in [-0.2, 0) is 4.79 Å². The molecular formula is C12H21N3O2. The molecule has 1 aliphatic rings. The zero-order chi connectivity index (χ0) is 12.7. The fourth-order valence-electron chi connectivity index (χ4n) is 2.09. The summed E-state index contributed by atoms with van der Waals surface area (Å²) in [5, 5.41) is 17.8. The fraction of sp³-hybridized carbons (Fsp3) is 0.833. The van der Waals surface area contributed by atoms with Crippen molar-refractivity contribution in [1.29, 1.82) is 5.26 Å². The van der Waals surface area contributed by atoms with E-state index >= 15 is 0 Å². The molecule has 1 heterocycles. The average Bonchev–Trinajstić information content (AvgIpc) is 2.36. The number of rotatable bonds is 5. The molecule has 0 saturated carbocycles. The Labute approximate surface area is 103 Å². The number of carbonyl (C=O) groups excluding carboxylic acids is 1. The van der Waals surface area contributed by atoms with Crippen molar-refractivity contribution in [3.05, 3.63) is 0 Å². The minimum atomic E-state index is -0.482. The second-order valence-corrected chi connectivity index (χ2v) is 4.36. The largest absolute Gasteiger partial charge is 0.395 e. The first-order chi connectivity index (χ1) is 8.22. The number of β-amino-alcohol motifs (C(OH)–C–C–N with tert-alkyl or cyclic N) is 1. The number of hydrogen-bond acceptors (Lipinski definition) is 4. The molecule has 0 aromatic heterocycles. The van der Waals surface area contributed by atoms with Crippen molar-refractivity contribution in [2.24, 2.45) is 5.92 Å². The zero-order valence-electron chi connectivity index (χ0n) is 10.4. The van der Waals surface area contributed by atoms with Gasteiger partial charge in [0.25, 0.3) is 0 Å². The van der Waals surface area contributed by atoms with Crippen molar-refractivity contribution in [2.45, 2.75) is 19.8 Å². The molecule has 1 aliphatic heterocycles. The smallest absolute Gasteiger partial charge is 0.240 e. The molecule has 1 saturated heterocycles. The Bertz CT molecular complexity index is 280. The van der Waals surface area contributed by atoms with Crippen LogP contribution in [0.4, 0.5) is 0 Å². The highest BCUT2D eigenvalue weighted by Gasteiger charge is 2.26. The average molecular weight is 239 g/mol. The maximum atomic E-state index is 12.0. The maximum Gasteiger partial charge on any atom is 0.240 e. The molecule has 1 atom stereocenters. The van der Waals surface area contributed by atoms with E-state index in [1.807, 2.05) is 6.92 Å². The van der Waals surface area contributed by atoms with E-state index in [1.165, 1.54) is 0 Å². The molecule has 0 aliphatic carbocycles. The summed E-state index contributed by atoms with van der Waals surface area (Å²) in [4.78, 5) is 15.9. The molecule has 1 rings (SSSR count). The summed E-state index contributed by atoms with van der Waals surface area (Å²) >= 11 is 0. The number of piperazine rings is 1. The van der Waals surface area contributed by atoms with Crippen molar-refractivity contribution in [2.75, 3.05) is 39.3 Å². The number of aliphatic hydroxyl groups is 1. The molecule has 0 spiro atoms. The normalized spacial score (nSPS) is 18.8. The first-order valence-corrected chi connectivity index (χ1v) is 6.24. The van der Waals surface area contributed by atoms with Gasteiger partial charge in [0.15, 0.2) is 0 Å². The Balaban J connectivity index is 2.42. The summed E-state index contributed by atoms with van der Waals surface area (Å²) in [6, 6.07) is 2.09. The first kappa shape index (κ1) is 13.9. The van der Waals surface area contributed by atoms with Gasteiger partial charge in [-0.25, -0.2) is 0 Å². The van der Waals surface area contributed by atoms with Crippen LogP contribution in [0, 0.1) is 17.2 Å². The summed E-state index contributed by atoms with van der Waals surface area (Å²) in [6.07, 6.45) is 1.50. The first-order valence-electron chi connectivity index (χ1n) is 6.24. The van der Waals surface area contributed by atoms with Crippen LogP contribution >= 0.6 is 0 Å². The highest BCUT2D eigenvalue weighted by atomic mass is 16.3. The second-order valence-electron chi connectivity index (χ2n) is 4.36. The molecule has 1 amide bonds. The van der Waals surface area contributed by atoms with Gasteiger partial charge in [-0.2, -0.15) is 5.26 Å². The standard InChI is InChI=1S/C12H21N3O2/c1-2-3-11(10-13)12(17)15-6-4-14(5-7-15)8-9-16/h11,16H,2-9H2,1H3. The summed E-state index contributed by atoms with van der Waals surface area (Å²) in [6.45, 7) is 5.72. The molecule has 5 nitrogen and oxygen atoms in total. The molecule has 5 heteroatoms. The van der Waals surface area contributed by atoms with E-state index in [1.54, 1.807) is 4.90 Å². The van der Waals surface area contributed by atoms with Crippen LogP contribution in [-0.4, -0.2) is 60.1 Å². The fourth-order valence-corrected chi connectivity index (χ4v) is 2.09. The monoisotopic (exact) mass is 239 g/mol. The summed E-state index contributed by atoms with van der Waals surface area (Å²) in [5.41, 5.74) is 0. The van der Waals surface area contributed by atoms with Crippen molar-refractivity contribution in [1.82, 2.24) is 9.80 Å². The highest BCUT2D eigenvalue weighted by Crippen LogP contribution is 2.11. The van der Waals surface area contributed by atoms with Gasteiger partial charge < -0.3 is 10.0 Å². The summed E-state index contributed by atoms with van der Waals surface area (Å²) in [7, 11) is 0. The molecule has 0 aromatic carbocycles. The topological polar surface area (TPSA) is 67.6 Å². The summed E-state index contributed by atoms with van der Waals surface area (Å²) < 4.78 is 0. The second kappa shape index (κ2) is 7.25. The van der Waals surface area contributed by atoms with Crippen LogP contribution in [0.5, 0.6) is 0 Å². The molecule has 0 aromatic rings. The van der Waals surface area contributed by atoms with Crippen molar-refractivity contribution >= 4 is 5.91 Å². The van der Waals surface area contributed by atoms with Crippen LogP contribution in [0.1, 0.15) is 19.8 Å². The maximum absolute atomic E-state index is 12.0. The molecule has 0 bridgehead atoms. The van der Waals surface area contributed by atoms with Gasteiger partial charge in [0.05, 0.1) is 12.7 Å². The quantitative estimate of drug-likeness (QED) is 0.737. The van der Waals surface area contributed by atoms with Gasteiger partial charge in [0.2, 0.25) is 5.91 Å². The minimum Gasteiger partial charge on any atom is -0.395 e. The van der Waals surface area contributed by atoms with Gasteiger partial charge in [-0.1, -0.05) is 13.3 Å². The van der Waals surface area contributed by atoms with E-state index in [2.05, 4.69) is 11.0 Å². The lowest BCUT2D eigenvalue weighted by Gasteiger charge is -2.35. The number of amides is 1. The van der Waals surface area contributed by atoms with E-state index in [0.29, 0.717) is 26.1 Å². The Morgan fingerprint density at radius 2 is 2.06 bits per heavy atom. The van der Waals surface area contributed by atoms with E-state index in [9.17, 15) is 4.79 Å². The third kappa shape index (κ3) is 3.99. The third-order valence-electron chi connectivity index (χ3n) is 3.13. The molecule has 0 radical (unpaired) electrons. The lowest BCUT2D eigenvalue weighted by atomic mass is 10.0. The lowest BCUT2D eigenvalue weighted by molar-refractivity contribution is -0.135. The van der Waals surface area contributed by atoms with Crippen LogP contribution in [0.15, 0.2) is 0 Å². The van der Waals surface area contributed by atoms with Gasteiger partial charge in [0, 0.05) is 32.7 Å². The van der Waals surface area contributed by atoms with E-state index < -0.39 is 5.92 Å². The number of hydrogen-bond donors (Lipinski definition) is 1. The molecule has 1 unspecified atom stereocenters. The number of carbonyl (C=O) groups is 1. The highest BCUT2D eigenvalue weighted by molar-refractivity contribution is 5.81. The Kier molecular flexibility index (Phi) is 5.95. The van der Waals surface area contributed by atoms with Gasteiger partial charge in [0.1, 0.15) is 5.92 Å². The van der Waals surface area contributed by atoms with E-state index in [0.717, 1.165) is 19.5 Å².